The van der Waals surface area contributed by atoms with E-state index in [1.807, 2.05) is 55.5 Å². The van der Waals surface area contributed by atoms with Gasteiger partial charge in [0.2, 0.25) is 0 Å². The second-order valence-corrected chi connectivity index (χ2v) is 6.44. The molecule has 144 valence electrons. The lowest BCUT2D eigenvalue weighted by Crippen LogP contribution is -2.24. The van der Waals surface area contributed by atoms with Crippen LogP contribution in [-0.4, -0.2) is 29.5 Å². The van der Waals surface area contributed by atoms with Crippen molar-refractivity contribution < 1.29 is 9.53 Å². The van der Waals surface area contributed by atoms with Crippen LogP contribution in [0.25, 0.3) is 0 Å². The molecule has 1 aromatic heterocycles. The Labute approximate surface area is 165 Å². The Kier molecular flexibility index (Phi) is 6.57. The van der Waals surface area contributed by atoms with Gasteiger partial charge in [-0.15, -0.1) is 0 Å². The molecule has 0 fully saturated rings. The number of methoxy groups -OCH3 is 1. The van der Waals surface area contributed by atoms with E-state index in [9.17, 15) is 4.79 Å². The maximum absolute atomic E-state index is 12.2. The van der Waals surface area contributed by atoms with Crippen molar-refractivity contribution in [1.82, 2.24) is 15.3 Å². The molecule has 28 heavy (non-hydrogen) atoms. The first-order valence-electron chi connectivity index (χ1n) is 9.17. The second kappa shape index (κ2) is 9.50. The Morgan fingerprint density at radius 1 is 1.04 bits per heavy atom. The van der Waals surface area contributed by atoms with Crippen molar-refractivity contribution in [2.45, 2.75) is 19.9 Å². The molecule has 2 aromatic carbocycles. The van der Waals surface area contributed by atoms with E-state index in [-0.39, 0.29) is 5.91 Å². The van der Waals surface area contributed by atoms with Gasteiger partial charge in [-0.25, -0.2) is 9.97 Å². The third-order valence-corrected chi connectivity index (χ3v) is 4.35. The lowest BCUT2D eigenvalue weighted by molar-refractivity contribution is 0.0945. The van der Waals surface area contributed by atoms with Crippen LogP contribution >= 0.6 is 0 Å². The highest BCUT2D eigenvalue weighted by Crippen LogP contribution is 2.17. The lowest BCUT2D eigenvalue weighted by atomic mass is 10.1. The Balaban J connectivity index is 1.48. The molecule has 1 amide bonds. The summed E-state index contributed by atoms with van der Waals surface area (Å²) in [6.07, 6.45) is 3.85. The van der Waals surface area contributed by atoms with Crippen molar-refractivity contribution in [2.24, 2.45) is 0 Å². The number of ether oxygens (including phenoxy) is 1. The van der Waals surface area contributed by atoms with Gasteiger partial charge in [-0.1, -0.05) is 48.0 Å². The van der Waals surface area contributed by atoms with Gasteiger partial charge in [-0.3, -0.25) is 4.79 Å². The number of amides is 1. The molecule has 0 atom stereocenters. The predicted octanol–water partition coefficient (Wildman–Crippen LogP) is 3.38. The van der Waals surface area contributed by atoms with Crippen LogP contribution in [0.5, 0.6) is 5.75 Å². The highest BCUT2D eigenvalue weighted by molar-refractivity contribution is 5.91. The molecule has 0 radical (unpaired) electrons. The molecule has 0 saturated heterocycles. The summed E-state index contributed by atoms with van der Waals surface area (Å²) in [6, 6.07) is 15.9. The summed E-state index contributed by atoms with van der Waals surface area (Å²) in [5.74, 6) is 1.26. The number of carbonyl (C=O) groups is 1. The van der Waals surface area contributed by atoms with Gasteiger partial charge in [0.05, 0.1) is 19.5 Å². The zero-order valence-corrected chi connectivity index (χ0v) is 16.1. The van der Waals surface area contributed by atoms with E-state index in [2.05, 4.69) is 20.6 Å². The molecule has 6 nitrogen and oxygen atoms in total. The summed E-state index contributed by atoms with van der Waals surface area (Å²) >= 11 is 0. The molecule has 3 aromatic rings. The number of hydrogen-bond acceptors (Lipinski definition) is 5. The molecule has 0 unspecified atom stereocenters. The monoisotopic (exact) mass is 376 g/mol. The zero-order valence-electron chi connectivity index (χ0n) is 16.1. The van der Waals surface area contributed by atoms with Crippen molar-refractivity contribution in [3.63, 3.8) is 0 Å². The highest BCUT2D eigenvalue weighted by atomic mass is 16.5. The molecule has 2 N–H and O–H groups in total. The molecule has 6 heteroatoms. The third kappa shape index (κ3) is 5.30. The van der Waals surface area contributed by atoms with E-state index in [0.29, 0.717) is 24.6 Å². The molecule has 0 aliphatic rings. The van der Waals surface area contributed by atoms with Gasteiger partial charge < -0.3 is 15.4 Å². The summed E-state index contributed by atoms with van der Waals surface area (Å²) < 4.78 is 5.35. The fraction of sp³-hybridized carbons (Fsp3) is 0.227. The third-order valence-electron chi connectivity index (χ3n) is 4.35. The average Bonchev–Trinajstić information content (AvgIpc) is 2.74. The van der Waals surface area contributed by atoms with E-state index < -0.39 is 0 Å². The minimum atomic E-state index is -0.242. The average molecular weight is 376 g/mol. The van der Waals surface area contributed by atoms with Crippen LogP contribution in [0.2, 0.25) is 0 Å². The maximum Gasteiger partial charge on any atom is 0.271 e. The van der Waals surface area contributed by atoms with Gasteiger partial charge >= 0.3 is 0 Å². The summed E-state index contributed by atoms with van der Waals surface area (Å²) in [7, 11) is 1.67. The van der Waals surface area contributed by atoms with Crippen LogP contribution in [-0.2, 0) is 13.0 Å². The number of anilines is 1. The molecular weight excluding hydrogens is 352 g/mol. The quantitative estimate of drug-likeness (QED) is 0.630. The molecule has 0 aliphatic carbocycles. The first kappa shape index (κ1) is 19.4. The largest absolute Gasteiger partial charge is 0.496 e. The van der Waals surface area contributed by atoms with E-state index in [4.69, 9.17) is 4.74 Å². The molecule has 3 rings (SSSR count). The molecule has 0 saturated carbocycles. The number of benzene rings is 2. The van der Waals surface area contributed by atoms with E-state index >= 15 is 0 Å². The van der Waals surface area contributed by atoms with Crippen LogP contribution < -0.4 is 15.4 Å². The zero-order chi connectivity index (χ0) is 19.8. The van der Waals surface area contributed by atoms with Gasteiger partial charge in [0.1, 0.15) is 17.3 Å². The summed E-state index contributed by atoms with van der Waals surface area (Å²) in [5, 5.41) is 6.07. The minimum absolute atomic E-state index is 0.242. The van der Waals surface area contributed by atoms with Crippen LogP contribution in [0.15, 0.2) is 60.9 Å². The van der Waals surface area contributed by atoms with E-state index in [1.165, 1.54) is 11.8 Å². The molecule has 0 aliphatic heterocycles. The molecule has 0 spiro atoms. The topological polar surface area (TPSA) is 76.1 Å². The number of nitrogens with one attached hydrogen (secondary N) is 2. The summed E-state index contributed by atoms with van der Waals surface area (Å²) in [5.41, 5.74) is 3.65. The number of aryl methyl sites for hydroxylation is 1. The second-order valence-electron chi connectivity index (χ2n) is 6.44. The normalized spacial score (nSPS) is 10.4. The number of para-hydroxylation sites is 1. The predicted molar refractivity (Wildman–Crippen MR) is 110 cm³/mol. The van der Waals surface area contributed by atoms with E-state index in [0.717, 1.165) is 23.3 Å². The molecular formula is C22H24N4O2. The van der Waals surface area contributed by atoms with Gasteiger partial charge in [-0.05, 0) is 30.5 Å². The summed E-state index contributed by atoms with van der Waals surface area (Å²) in [6.45, 7) is 3.18. The fourth-order valence-electron chi connectivity index (χ4n) is 2.75. The van der Waals surface area contributed by atoms with Crippen molar-refractivity contribution in [1.29, 1.82) is 0 Å². The maximum atomic E-state index is 12.2. The van der Waals surface area contributed by atoms with Crippen LogP contribution in [0.4, 0.5) is 5.82 Å². The van der Waals surface area contributed by atoms with Crippen LogP contribution in [0.3, 0.4) is 0 Å². The molecule has 0 bridgehead atoms. The first-order chi connectivity index (χ1) is 13.7. The number of carbonyl (C=O) groups excluding carboxylic acids is 1. The van der Waals surface area contributed by atoms with Gasteiger partial charge in [0, 0.05) is 13.1 Å². The number of nitrogens with zero attached hydrogens (tertiary/aromatic N) is 2. The first-order valence-corrected chi connectivity index (χ1v) is 9.17. The van der Waals surface area contributed by atoms with Crippen LogP contribution in [0.1, 0.15) is 27.2 Å². The van der Waals surface area contributed by atoms with Crippen molar-refractivity contribution in [3.8, 4) is 5.75 Å². The summed E-state index contributed by atoms with van der Waals surface area (Å²) in [4.78, 5) is 20.7. The molecule has 1 heterocycles. The van der Waals surface area contributed by atoms with Gasteiger partial charge in [0.25, 0.3) is 5.91 Å². The Bertz CT molecular complexity index is 909. The fourth-order valence-corrected chi connectivity index (χ4v) is 2.75. The lowest BCUT2D eigenvalue weighted by Gasteiger charge is -2.09. The number of aromatic nitrogens is 2. The van der Waals surface area contributed by atoms with Gasteiger partial charge in [-0.2, -0.15) is 0 Å². The van der Waals surface area contributed by atoms with Crippen molar-refractivity contribution >= 4 is 11.7 Å². The van der Waals surface area contributed by atoms with Crippen LogP contribution in [0, 0.1) is 6.92 Å². The standard InChI is InChI=1S/C22H24N4O2/c1-16-7-9-17(10-8-16)13-26-22(27)19-14-25-21(15-24-19)23-12-11-18-5-3-4-6-20(18)28-2/h3-10,14-15H,11-13H2,1-2H3,(H,23,25)(H,26,27). The van der Waals surface area contributed by atoms with E-state index in [1.54, 1.807) is 13.3 Å². The smallest absolute Gasteiger partial charge is 0.271 e. The minimum Gasteiger partial charge on any atom is -0.496 e. The van der Waals surface area contributed by atoms with Crippen molar-refractivity contribution in [3.05, 3.63) is 83.3 Å². The van der Waals surface area contributed by atoms with Crippen molar-refractivity contribution in [2.75, 3.05) is 19.0 Å². The SMILES string of the molecule is COc1ccccc1CCNc1cnc(C(=O)NCc2ccc(C)cc2)cn1. The Morgan fingerprint density at radius 2 is 1.82 bits per heavy atom. The Morgan fingerprint density at radius 3 is 2.54 bits per heavy atom. The Hall–Kier alpha value is -3.41. The highest BCUT2D eigenvalue weighted by Gasteiger charge is 2.08. The van der Waals surface area contributed by atoms with Gasteiger partial charge in [0.15, 0.2) is 0 Å². The number of rotatable bonds is 8. The number of hydrogen-bond donors (Lipinski definition) is 2.